The van der Waals surface area contributed by atoms with Crippen molar-refractivity contribution in [1.29, 1.82) is 0 Å². The molecule has 74 valence electrons. The minimum atomic E-state index is -0.143. The monoisotopic (exact) mass is 182 g/mol. The van der Waals surface area contributed by atoms with Crippen LogP contribution in [0.4, 0.5) is 0 Å². The van der Waals surface area contributed by atoms with Crippen LogP contribution in [0.3, 0.4) is 0 Å². The third-order valence-electron chi connectivity index (χ3n) is 1.88. The Kier molecular flexibility index (Phi) is 2.64. The van der Waals surface area contributed by atoms with Crippen LogP contribution in [0, 0.1) is 0 Å². The average Bonchev–Trinajstić information content (AvgIpc) is 2.30. The second-order valence-corrected chi connectivity index (χ2v) is 4.33. The van der Waals surface area contributed by atoms with E-state index >= 15 is 0 Å². The van der Waals surface area contributed by atoms with E-state index in [1.165, 1.54) is 0 Å². The molecule has 0 aliphatic heterocycles. The summed E-state index contributed by atoms with van der Waals surface area (Å²) >= 11 is 0. The molecule has 0 atom stereocenters. The van der Waals surface area contributed by atoms with Crippen molar-refractivity contribution in [3.05, 3.63) is 11.8 Å². The molecule has 3 nitrogen and oxygen atoms in total. The standard InChI is InChI=1S/C10H18N2O/c1-5-6-8-7-9(13)12(11-8)10(2,3)4/h7,13H,5-6H2,1-4H3. The average molecular weight is 182 g/mol. The number of hydrogen-bond acceptors (Lipinski definition) is 2. The maximum atomic E-state index is 9.59. The molecular weight excluding hydrogens is 164 g/mol. The summed E-state index contributed by atoms with van der Waals surface area (Å²) in [6.07, 6.45) is 1.98. The summed E-state index contributed by atoms with van der Waals surface area (Å²) in [5.41, 5.74) is 0.825. The van der Waals surface area contributed by atoms with E-state index in [4.69, 9.17) is 0 Å². The molecule has 1 rings (SSSR count). The third-order valence-corrected chi connectivity index (χ3v) is 1.88. The maximum absolute atomic E-state index is 9.59. The Bertz CT molecular complexity index is 284. The van der Waals surface area contributed by atoms with Crippen LogP contribution in [-0.4, -0.2) is 14.9 Å². The van der Waals surface area contributed by atoms with Crippen molar-refractivity contribution in [3.8, 4) is 5.88 Å². The topological polar surface area (TPSA) is 38.0 Å². The second kappa shape index (κ2) is 3.40. The van der Waals surface area contributed by atoms with Gasteiger partial charge in [-0.25, -0.2) is 4.68 Å². The van der Waals surface area contributed by atoms with E-state index < -0.39 is 0 Å². The summed E-state index contributed by atoms with van der Waals surface area (Å²) in [5.74, 6) is 0.260. The van der Waals surface area contributed by atoms with Crippen molar-refractivity contribution in [1.82, 2.24) is 9.78 Å². The van der Waals surface area contributed by atoms with Gasteiger partial charge in [-0.05, 0) is 27.2 Å². The molecule has 0 aliphatic carbocycles. The Labute approximate surface area is 79.4 Å². The van der Waals surface area contributed by atoms with Crippen molar-refractivity contribution in [3.63, 3.8) is 0 Å². The summed E-state index contributed by atoms with van der Waals surface area (Å²) in [4.78, 5) is 0. The highest BCUT2D eigenvalue weighted by Gasteiger charge is 2.18. The summed E-state index contributed by atoms with van der Waals surface area (Å²) < 4.78 is 1.66. The number of nitrogens with zero attached hydrogens (tertiary/aromatic N) is 2. The van der Waals surface area contributed by atoms with Crippen molar-refractivity contribution < 1.29 is 5.11 Å². The van der Waals surface area contributed by atoms with E-state index in [-0.39, 0.29) is 11.4 Å². The van der Waals surface area contributed by atoms with Gasteiger partial charge in [0, 0.05) is 6.07 Å². The molecule has 0 spiro atoms. The molecule has 0 aromatic carbocycles. The summed E-state index contributed by atoms with van der Waals surface area (Å²) in [6.45, 7) is 8.17. The molecule has 3 heteroatoms. The number of aromatic nitrogens is 2. The number of rotatable bonds is 2. The molecule has 1 aromatic rings. The molecular formula is C10H18N2O. The van der Waals surface area contributed by atoms with E-state index in [0.717, 1.165) is 18.5 Å². The van der Waals surface area contributed by atoms with Gasteiger partial charge in [0.1, 0.15) is 0 Å². The third kappa shape index (κ3) is 2.23. The van der Waals surface area contributed by atoms with E-state index in [1.807, 2.05) is 20.8 Å². The maximum Gasteiger partial charge on any atom is 0.209 e. The number of aryl methyl sites for hydroxylation is 1. The summed E-state index contributed by atoms with van der Waals surface area (Å²) in [5, 5.41) is 13.9. The molecule has 0 amide bonds. The van der Waals surface area contributed by atoms with E-state index in [1.54, 1.807) is 10.7 Å². The molecule has 1 aromatic heterocycles. The Hall–Kier alpha value is -0.990. The Morgan fingerprint density at radius 3 is 2.46 bits per heavy atom. The molecule has 0 bridgehead atoms. The summed E-state index contributed by atoms with van der Waals surface area (Å²) in [7, 11) is 0. The van der Waals surface area contributed by atoms with Crippen LogP contribution in [0.2, 0.25) is 0 Å². The van der Waals surface area contributed by atoms with Crippen molar-refractivity contribution in [2.75, 3.05) is 0 Å². The SMILES string of the molecule is CCCc1cc(O)n(C(C)(C)C)n1. The fourth-order valence-corrected chi connectivity index (χ4v) is 1.29. The van der Waals surface area contributed by atoms with Crippen LogP contribution in [0.15, 0.2) is 6.07 Å². The normalized spacial score (nSPS) is 12.0. The Morgan fingerprint density at radius 2 is 2.08 bits per heavy atom. The van der Waals surface area contributed by atoms with Crippen molar-refractivity contribution in [2.45, 2.75) is 46.1 Å². The lowest BCUT2D eigenvalue weighted by Gasteiger charge is -2.19. The zero-order valence-corrected chi connectivity index (χ0v) is 8.83. The van der Waals surface area contributed by atoms with E-state index in [2.05, 4.69) is 12.0 Å². The lowest BCUT2D eigenvalue weighted by molar-refractivity contribution is 0.294. The first-order chi connectivity index (χ1) is 5.95. The van der Waals surface area contributed by atoms with Crippen LogP contribution >= 0.6 is 0 Å². The molecule has 1 N–H and O–H groups in total. The fourth-order valence-electron chi connectivity index (χ4n) is 1.29. The molecule has 13 heavy (non-hydrogen) atoms. The van der Waals surface area contributed by atoms with Gasteiger partial charge in [0.05, 0.1) is 11.2 Å². The quantitative estimate of drug-likeness (QED) is 0.762. The minimum Gasteiger partial charge on any atom is -0.493 e. The van der Waals surface area contributed by atoms with Gasteiger partial charge in [0.15, 0.2) is 0 Å². The van der Waals surface area contributed by atoms with Gasteiger partial charge in [0.2, 0.25) is 5.88 Å². The molecule has 0 unspecified atom stereocenters. The minimum absolute atomic E-state index is 0.143. The molecule has 0 saturated heterocycles. The van der Waals surface area contributed by atoms with Gasteiger partial charge in [-0.1, -0.05) is 13.3 Å². The lowest BCUT2D eigenvalue weighted by Crippen LogP contribution is -2.22. The highest BCUT2D eigenvalue weighted by atomic mass is 16.3. The van der Waals surface area contributed by atoms with Crippen molar-refractivity contribution in [2.24, 2.45) is 0 Å². The van der Waals surface area contributed by atoms with Gasteiger partial charge in [-0.2, -0.15) is 5.10 Å². The predicted octanol–water partition coefficient (Wildman–Crippen LogP) is 2.30. The predicted molar refractivity (Wildman–Crippen MR) is 52.9 cm³/mol. The van der Waals surface area contributed by atoms with Crippen molar-refractivity contribution >= 4 is 0 Å². The highest BCUT2D eigenvalue weighted by molar-refractivity contribution is 5.16. The Morgan fingerprint density at radius 1 is 1.46 bits per heavy atom. The molecule has 1 heterocycles. The lowest BCUT2D eigenvalue weighted by atomic mass is 10.1. The van der Waals surface area contributed by atoms with Crippen LogP contribution in [0.1, 0.15) is 39.8 Å². The first-order valence-electron chi connectivity index (χ1n) is 4.73. The fraction of sp³-hybridized carbons (Fsp3) is 0.700. The first-order valence-corrected chi connectivity index (χ1v) is 4.73. The molecule has 0 aliphatic rings. The van der Waals surface area contributed by atoms with E-state index in [9.17, 15) is 5.11 Å². The zero-order chi connectivity index (χ0) is 10.1. The van der Waals surface area contributed by atoms with Gasteiger partial charge < -0.3 is 5.11 Å². The van der Waals surface area contributed by atoms with Gasteiger partial charge in [0.25, 0.3) is 0 Å². The largest absolute Gasteiger partial charge is 0.493 e. The van der Waals surface area contributed by atoms with Crippen LogP contribution in [0.5, 0.6) is 5.88 Å². The van der Waals surface area contributed by atoms with Gasteiger partial charge in [-0.15, -0.1) is 0 Å². The summed E-state index contributed by atoms with van der Waals surface area (Å²) in [6, 6.07) is 1.74. The number of aromatic hydroxyl groups is 1. The molecule has 0 fully saturated rings. The van der Waals surface area contributed by atoms with Gasteiger partial charge >= 0.3 is 0 Å². The Balaban J connectivity index is 2.96. The smallest absolute Gasteiger partial charge is 0.209 e. The van der Waals surface area contributed by atoms with Crippen LogP contribution < -0.4 is 0 Å². The zero-order valence-electron chi connectivity index (χ0n) is 8.83. The second-order valence-electron chi connectivity index (χ2n) is 4.33. The first kappa shape index (κ1) is 10.1. The van der Waals surface area contributed by atoms with Crippen LogP contribution in [0.25, 0.3) is 0 Å². The molecule has 0 saturated carbocycles. The number of hydrogen-bond donors (Lipinski definition) is 1. The van der Waals surface area contributed by atoms with Crippen LogP contribution in [-0.2, 0) is 12.0 Å². The highest BCUT2D eigenvalue weighted by Crippen LogP contribution is 2.22. The van der Waals surface area contributed by atoms with Gasteiger partial charge in [-0.3, -0.25) is 0 Å². The van der Waals surface area contributed by atoms with E-state index in [0.29, 0.717) is 0 Å². The molecule has 0 radical (unpaired) electrons.